The predicted molar refractivity (Wildman–Crippen MR) is 231 cm³/mol. The lowest BCUT2D eigenvalue weighted by Crippen LogP contribution is -2.63. The van der Waals surface area contributed by atoms with Gasteiger partial charge in [0.15, 0.2) is 5.79 Å². The van der Waals surface area contributed by atoms with Crippen molar-refractivity contribution in [2.45, 2.75) is 199 Å². The fourth-order valence-electron chi connectivity index (χ4n) is 11.3. The molecule has 5 aliphatic heterocycles. The lowest BCUT2D eigenvalue weighted by Gasteiger charge is -2.54. The molecule has 1 aromatic rings. The van der Waals surface area contributed by atoms with Crippen LogP contribution < -0.4 is 5.48 Å². The second kappa shape index (κ2) is 19.4. The minimum atomic E-state index is -1.39. The number of hydroxylamine groups is 1. The van der Waals surface area contributed by atoms with Gasteiger partial charge in [-0.15, -0.1) is 0 Å². The fraction of sp³-hybridized carbons (Fsp3) is 0.776. The summed E-state index contributed by atoms with van der Waals surface area (Å²) in [6.07, 6.45) is 5.02. The molecule has 0 aliphatic carbocycles. The van der Waals surface area contributed by atoms with Gasteiger partial charge in [-0.1, -0.05) is 73.6 Å². The fourth-order valence-corrected chi connectivity index (χ4v) is 11.3. The maximum absolute atomic E-state index is 14.6. The molecule has 0 bridgehead atoms. The van der Waals surface area contributed by atoms with Crippen LogP contribution in [-0.4, -0.2) is 98.5 Å². The molecule has 5 heterocycles. The van der Waals surface area contributed by atoms with Gasteiger partial charge in [-0.3, -0.25) is 9.59 Å². The van der Waals surface area contributed by atoms with E-state index in [4.69, 9.17) is 28.5 Å². The summed E-state index contributed by atoms with van der Waals surface area (Å²) in [5, 5.41) is 34.5. The molecule has 0 aromatic heterocycles. The third-order valence-electron chi connectivity index (χ3n) is 15.7. The van der Waals surface area contributed by atoms with Gasteiger partial charge in [-0.2, -0.15) is 5.48 Å². The van der Waals surface area contributed by atoms with Crippen molar-refractivity contribution in [2.75, 3.05) is 0 Å². The van der Waals surface area contributed by atoms with Crippen LogP contribution in [0.1, 0.15) is 144 Å². The summed E-state index contributed by atoms with van der Waals surface area (Å²) in [7, 11) is 0. The molecular formula is C49H75NO12. The van der Waals surface area contributed by atoms with Crippen molar-refractivity contribution in [1.29, 1.82) is 0 Å². The van der Waals surface area contributed by atoms with E-state index in [-0.39, 0.29) is 35.7 Å². The van der Waals surface area contributed by atoms with E-state index in [1.807, 2.05) is 41.5 Å². The summed E-state index contributed by atoms with van der Waals surface area (Å²) in [6.45, 7) is 19.6. The lowest BCUT2D eigenvalue weighted by molar-refractivity contribution is -0.409. The Morgan fingerprint density at radius 2 is 1.58 bits per heavy atom. The Labute approximate surface area is 368 Å². The van der Waals surface area contributed by atoms with Crippen LogP contribution in [0, 0.1) is 41.4 Å². The second-order valence-electron chi connectivity index (χ2n) is 19.8. The first-order valence-corrected chi connectivity index (χ1v) is 23.5. The number of aliphatic hydroxyl groups is 3. The molecule has 62 heavy (non-hydrogen) atoms. The maximum Gasteiger partial charge on any atom is 0.337 e. The predicted octanol–water partition coefficient (Wildman–Crippen LogP) is 6.99. The Bertz CT molecular complexity index is 1740. The highest BCUT2D eigenvalue weighted by Gasteiger charge is 2.63. The molecule has 13 heteroatoms. The van der Waals surface area contributed by atoms with Crippen molar-refractivity contribution in [2.24, 2.45) is 41.4 Å². The number of aliphatic hydroxyl groups excluding tert-OH is 2. The molecule has 2 spiro atoms. The number of rotatable bonds is 13. The normalized spacial score (nSPS) is 41.0. The molecule has 0 saturated carbocycles. The molecule has 0 unspecified atom stereocenters. The third-order valence-corrected chi connectivity index (χ3v) is 15.7. The Kier molecular flexibility index (Phi) is 15.2. The van der Waals surface area contributed by atoms with Gasteiger partial charge in [0.05, 0.1) is 53.7 Å². The standard InChI is InChI=1S/C49H75NO12/c1-11-35(45(55)60-50-44(54)34-17-15-14-16-18-34)37-20-19-28(4)42(58-37)32(8)40(52)31(7)41(53)36(12-2)43-29(5)27-30(6)48(59-43)24-21-38(51)49(62-48)26-25-46(10,61-49)39-22-23-47(56,13-3)33(9)57-39/h14-18,21,24,28-33,35-40,42-43,51-52,56H,11-13,19-20,22-23,25-27H2,1-10H3,(H,50,54)/t28-,29-,30+,31-,32-,33-,35+,36-,37+,38-,39+,40+,42+,43-,46-,47+,48-,49-/m0/s1. The summed E-state index contributed by atoms with van der Waals surface area (Å²) >= 11 is 0. The van der Waals surface area contributed by atoms with E-state index in [1.54, 1.807) is 49.4 Å². The number of nitrogens with one attached hydrogen (secondary N) is 1. The van der Waals surface area contributed by atoms with Gasteiger partial charge in [-0.25, -0.2) is 4.79 Å². The highest BCUT2D eigenvalue weighted by atomic mass is 16.8. The van der Waals surface area contributed by atoms with Gasteiger partial charge in [0.25, 0.3) is 5.91 Å². The molecule has 1 amide bonds. The average Bonchev–Trinajstić information content (AvgIpc) is 3.61. The van der Waals surface area contributed by atoms with Gasteiger partial charge < -0.3 is 43.8 Å². The van der Waals surface area contributed by atoms with Gasteiger partial charge in [-0.05, 0) is 108 Å². The Balaban J connectivity index is 1.11. The number of ketones is 1. The Morgan fingerprint density at radius 3 is 2.23 bits per heavy atom. The zero-order valence-electron chi connectivity index (χ0n) is 38.7. The zero-order chi connectivity index (χ0) is 45.4. The molecule has 13 nitrogen and oxygen atoms in total. The summed E-state index contributed by atoms with van der Waals surface area (Å²) in [6, 6.07) is 8.51. The van der Waals surface area contributed by atoms with Crippen LogP contribution in [0.5, 0.6) is 0 Å². The molecule has 348 valence electrons. The summed E-state index contributed by atoms with van der Waals surface area (Å²) < 4.78 is 33.8. The summed E-state index contributed by atoms with van der Waals surface area (Å²) in [5.74, 6) is -6.36. The average molecular weight is 870 g/mol. The van der Waals surface area contributed by atoms with Gasteiger partial charge in [0.2, 0.25) is 5.79 Å². The van der Waals surface area contributed by atoms with Crippen molar-refractivity contribution in [3.8, 4) is 0 Å². The number of hydrogen-bond acceptors (Lipinski definition) is 12. The third kappa shape index (κ3) is 9.48. The Hall–Kier alpha value is -2.75. The summed E-state index contributed by atoms with van der Waals surface area (Å²) in [4.78, 5) is 45.7. The van der Waals surface area contributed by atoms with E-state index >= 15 is 0 Å². The van der Waals surface area contributed by atoms with E-state index in [2.05, 4.69) is 26.3 Å². The van der Waals surface area contributed by atoms with E-state index in [0.29, 0.717) is 63.4 Å². The van der Waals surface area contributed by atoms with Crippen LogP contribution in [0.2, 0.25) is 0 Å². The van der Waals surface area contributed by atoms with Crippen LogP contribution in [0.25, 0.3) is 0 Å². The lowest BCUT2D eigenvalue weighted by atomic mass is 9.72. The molecule has 5 aliphatic rings. The van der Waals surface area contributed by atoms with Crippen LogP contribution in [-0.2, 0) is 38.1 Å². The monoisotopic (exact) mass is 870 g/mol. The SMILES string of the molecule is CC[C@@H](C(=O)[C@@H](C)[C@@H](O)[C@H](C)[C@@H]1O[C@@H]([C@@H](CC)C(=O)ONC(=O)c2ccccc2)CC[C@@H]1C)[C@H]1O[C@]2(C=C[C@H](O)[C@]3(CC[C@@](C)([C@H]4CC[C@](O)(CC)[C@H](C)O4)O3)O2)[C@H](C)C[C@@H]1C. The number of hydrogen-bond donors (Lipinski definition) is 4. The van der Waals surface area contributed by atoms with E-state index in [0.717, 1.165) is 6.42 Å². The molecule has 4 fully saturated rings. The van der Waals surface area contributed by atoms with Crippen molar-refractivity contribution >= 4 is 17.7 Å². The molecule has 0 radical (unpaired) electrons. The number of carbonyl (C=O) groups is 3. The zero-order valence-corrected chi connectivity index (χ0v) is 38.7. The first-order valence-electron chi connectivity index (χ1n) is 23.5. The highest BCUT2D eigenvalue weighted by Crippen LogP contribution is 2.54. The molecule has 6 rings (SSSR count). The van der Waals surface area contributed by atoms with Crippen molar-refractivity contribution < 1.29 is 58.2 Å². The number of ether oxygens (including phenoxy) is 5. The molecule has 4 saturated heterocycles. The van der Waals surface area contributed by atoms with Crippen molar-refractivity contribution in [3.63, 3.8) is 0 Å². The first kappa shape index (κ1) is 48.7. The van der Waals surface area contributed by atoms with Crippen molar-refractivity contribution in [3.05, 3.63) is 48.0 Å². The quantitative estimate of drug-likeness (QED) is 0.118. The largest absolute Gasteiger partial charge is 0.392 e. The topological polar surface area (TPSA) is 179 Å². The van der Waals surface area contributed by atoms with E-state index in [9.17, 15) is 29.7 Å². The number of carbonyl (C=O) groups excluding carboxylic acids is 3. The van der Waals surface area contributed by atoms with Crippen LogP contribution >= 0.6 is 0 Å². The summed E-state index contributed by atoms with van der Waals surface area (Å²) in [5.41, 5.74) is 0.979. The van der Waals surface area contributed by atoms with Gasteiger partial charge in [0, 0.05) is 35.7 Å². The molecule has 18 atom stereocenters. The molecular weight excluding hydrogens is 795 g/mol. The van der Waals surface area contributed by atoms with Crippen LogP contribution in [0.4, 0.5) is 0 Å². The van der Waals surface area contributed by atoms with Crippen LogP contribution in [0.15, 0.2) is 42.5 Å². The number of Topliss-reactive ketones (excluding diaryl/α,β-unsaturated/α-hetero) is 1. The molecule has 1 aromatic carbocycles. The maximum atomic E-state index is 14.6. The number of amides is 1. The van der Waals surface area contributed by atoms with Crippen LogP contribution in [0.3, 0.4) is 0 Å². The van der Waals surface area contributed by atoms with E-state index in [1.165, 1.54) is 0 Å². The van der Waals surface area contributed by atoms with E-state index < -0.39 is 88.8 Å². The highest BCUT2D eigenvalue weighted by molar-refractivity contribution is 5.94. The minimum absolute atomic E-state index is 0.0130. The number of benzene rings is 1. The van der Waals surface area contributed by atoms with Gasteiger partial charge >= 0.3 is 5.97 Å². The second-order valence-corrected chi connectivity index (χ2v) is 19.8. The smallest absolute Gasteiger partial charge is 0.337 e. The molecule has 4 N–H and O–H groups in total. The first-order chi connectivity index (χ1) is 29.3. The Morgan fingerprint density at radius 1 is 0.887 bits per heavy atom. The van der Waals surface area contributed by atoms with Gasteiger partial charge in [0.1, 0.15) is 11.9 Å². The minimum Gasteiger partial charge on any atom is -0.392 e. The van der Waals surface area contributed by atoms with Crippen molar-refractivity contribution in [1.82, 2.24) is 5.48 Å².